The molecule has 6 nitrogen and oxygen atoms in total. The summed E-state index contributed by atoms with van der Waals surface area (Å²) >= 11 is 5.98. The minimum Gasteiger partial charge on any atom is -0.352 e. The lowest BCUT2D eigenvalue weighted by Crippen LogP contribution is -2.30. The number of benzene rings is 2. The first-order chi connectivity index (χ1) is 13.1. The molecule has 27 heavy (non-hydrogen) atoms. The van der Waals surface area contributed by atoms with E-state index in [2.05, 4.69) is 20.8 Å². The molecule has 0 radical (unpaired) electrons. The van der Waals surface area contributed by atoms with E-state index in [0.717, 1.165) is 16.8 Å². The summed E-state index contributed by atoms with van der Waals surface area (Å²) in [7, 11) is 0. The second-order valence-electron chi connectivity index (χ2n) is 5.93. The minimum absolute atomic E-state index is 0.132. The summed E-state index contributed by atoms with van der Waals surface area (Å²) in [6.07, 6.45) is 1.90. The Kier molecular flexibility index (Phi) is 6.22. The zero-order valence-corrected chi connectivity index (χ0v) is 15.3. The fourth-order valence-electron chi connectivity index (χ4n) is 2.54. The molecule has 3 rings (SSSR count). The number of nitrogens with one attached hydrogen (secondary N) is 3. The maximum atomic E-state index is 12.0. The monoisotopic (exact) mass is 382 g/mol. The molecule has 7 heteroatoms. The highest BCUT2D eigenvalue weighted by molar-refractivity contribution is 6.33. The standard InChI is InChI=1S/C20H19ClN4O2/c21-17-4-2-1-3-16(17)20(27)22-11-10-19(26)23-13-14-5-7-15(8-6-14)18-9-12-24-25-18/h1-9,12H,10-11,13H2,(H,22,27)(H,23,26)(H,24,25). The molecule has 0 saturated carbocycles. The molecule has 0 spiro atoms. The Morgan fingerprint density at radius 1 is 1.00 bits per heavy atom. The van der Waals surface area contributed by atoms with Crippen LogP contribution in [-0.2, 0) is 11.3 Å². The van der Waals surface area contributed by atoms with E-state index in [1.807, 2.05) is 30.3 Å². The van der Waals surface area contributed by atoms with Gasteiger partial charge in [0.25, 0.3) is 5.91 Å². The van der Waals surface area contributed by atoms with Crippen LogP contribution in [0, 0.1) is 0 Å². The first-order valence-corrected chi connectivity index (χ1v) is 8.89. The molecular formula is C20H19ClN4O2. The number of aromatic nitrogens is 2. The molecule has 1 heterocycles. The molecule has 0 saturated heterocycles. The number of amides is 2. The van der Waals surface area contributed by atoms with Crippen molar-refractivity contribution in [3.05, 3.63) is 76.9 Å². The Hall–Kier alpha value is -3.12. The lowest BCUT2D eigenvalue weighted by Gasteiger charge is -2.08. The van der Waals surface area contributed by atoms with E-state index in [1.165, 1.54) is 0 Å². The third-order valence-corrected chi connectivity index (χ3v) is 4.34. The number of rotatable bonds is 7. The van der Waals surface area contributed by atoms with Gasteiger partial charge in [-0.05, 0) is 29.3 Å². The number of H-pyrrole nitrogens is 1. The highest BCUT2D eigenvalue weighted by Crippen LogP contribution is 2.16. The number of hydrogen-bond donors (Lipinski definition) is 3. The molecule has 3 aromatic rings. The van der Waals surface area contributed by atoms with Crippen LogP contribution in [0.15, 0.2) is 60.8 Å². The van der Waals surface area contributed by atoms with E-state index in [1.54, 1.807) is 30.5 Å². The van der Waals surface area contributed by atoms with Crippen LogP contribution in [0.4, 0.5) is 0 Å². The van der Waals surface area contributed by atoms with Gasteiger partial charge in [-0.1, -0.05) is 48.0 Å². The van der Waals surface area contributed by atoms with E-state index in [0.29, 0.717) is 17.1 Å². The van der Waals surface area contributed by atoms with Crippen LogP contribution in [0.25, 0.3) is 11.3 Å². The van der Waals surface area contributed by atoms with Gasteiger partial charge in [-0.2, -0.15) is 5.10 Å². The predicted molar refractivity (Wildman–Crippen MR) is 104 cm³/mol. The number of halogens is 1. The van der Waals surface area contributed by atoms with E-state index < -0.39 is 0 Å². The molecule has 3 N–H and O–H groups in total. The van der Waals surface area contributed by atoms with Gasteiger partial charge in [0.1, 0.15) is 0 Å². The average Bonchev–Trinajstić information content (AvgIpc) is 3.22. The fourth-order valence-corrected chi connectivity index (χ4v) is 2.76. The van der Waals surface area contributed by atoms with Crippen LogP contribution in [-0.4, -0.2) is 28.6 Å². The van der Waals surface area contributed by atoms with Crippen LogP contribution in [0.3, 0.4) is 0 Å². The lowest BCUT2D eigenvalue weighted by atomic mass is 10.1. The Labute approximate surface area is 161 Å². The molecule has 0 aliphatic heterocycles. The molecule has 0 unspecified atom stereocenters. The zero-order chi connectivity index (χ0) is 19.1. The van der Waals surface area contributed by atoms with Gasteiger partial charge in [-0.15, -0.1) is 0 Å². The Morgan fingerprint density at radius 2 is 1.78 bits per heavy atom. The van der Waals surface area contributed by atoms with Crippen molar-refractivity contribution in [2.75, 3.05) is 6.54 Å². The summed E-state index contributed by atoms with van der Waals surface area (Å²) in [4.78, 5) is 24.0. The van der Waals surface area contributed by atoms with E-state index in [4.69, 9.17) is 11.6 Å². The molecule has 138 valence electrons. The summed E-state index contributed by atoms with van der Waals surface area (Å²) in [6, 6.07) is 16.5. The highest BCUT2D eigenvalue weighted by atomic mass is 35.5. The maximum Gasteiger partial charge on any atom is 0.252 e. The molecule has 0 aliphatic rings. The molecule has 2 amide bonds. The van der Waals surface area contributed by atoms with Gasteiger partial charge in [0.2, 0.25) is 5.91 Å². The van der Waals surface area contributed by atoms with Crippen molar-refractivity contribution >= 4 is 23.4 Å². The van der Waals surface area contributed by atoms with Crippen molar-refractivity contribution in [1.29, 1.82) is 0 Å². The predicted octanol–water partition coefficient (Wildman–Crippen LogP) is 3.17. The molecule has 1 aromatic heterocycles. The van der Waals surface area contributed by atoms with E-state index >= 15 is 0 Å². The lowest BCUT2D eigenvalue weighted by molar-refractivity contribution is -0.121. The van der Waals surface area contributed by atoms with Gasteiger partial charge < -0.3 is 10.6 Å². The average molecular weight is 383 g/mol. The van der Waals surface area contributed by atoms with Crippen LogP contribution in [0.2, 0.25) is 5.02 Å². The molecule has 0 atom stereocenters. The first-order valence-electron chi connectivity index (χ1n) is 8.51. The molecule has 0 bridgehead atoms. The number of nitrogens with zero attached hydrogens (tertiary/aromatic N) is 1. The minimum atomic E-state index is -0.289. The molecule has 0 fully saturated rings. The van der Waals surface area contributed by atoms with Gasteiger partial charge in [0.15, 0.2) is 0 Å². The van der Waals surface area contributed by atoms with Gasteiger partial charge in [-0.3, -0.25) is 14.7 Å². The maximum absolute atomic E-state index is 12.0. The van der Waals surface area contributed by atoms with Gasteiger partial charge in [0.05, 0.1) is 16.3 Å². The summed E-state index contributed by atoms with van der Waals surface area (Å²) in [5.41, 5.74) is 3.37. The van der Waals surface area contributed by atoms with Crippen LogP contribution in [0.5, 0.6) is 0 Å². The molecule has 2 aromatic carbocycles. The van der Waals surface area contributed by atoms with Gasteiger partial charge in [-0.25, -0.2) is 0 Å². The second-order valence-corrected chi connectivity index (χ2v) is 6.34. The van der Waals surface area contributed by atoms with Gasteiger partial charge in [0, 0.05) is 25.7 Å². The van der Waals surface area contributed by atoms with Crippen LogP contribution in [0.1, 0.15) is 22.3 Å². The Balaban J connectivity index is 1.41. The number of aromatic amines is 1. The SMILES string of the molecule is O=C(CCNC(=O)c1ccccc1Cl)NCc1ccc(-c2ccn[nH]2)cc1. The fraction of sp³-hybridized carbons (Fsp3) is 0.150. The normalized spacial score (nSPS) is 10.4. The largest absolute Gasteiger partial charge is 0.352 e. The van der Waals surface area contributed by atoms with E-state index in [9.17, 15) is 9.59 Å². The van der Waals surface area contributed by atoms with Crippen LogP contribution < -0.4 is 10.6 Å². The van der Waals surface area contributed by atoms with Crippen molar-refractivity contribution < 1.29 is 9.59 Å². The zero-order valence-electron chi connectivity index (χ0n) is 14.5. The topological polar surface area (TPSA) is 86.9 Å². The van der Waals surface area contributed by atoms with E-state index in [-0.39, 0.29) is 24.8 Å². The molecule has 0 aliphatic carbocycles. The van der Waals surface area contributed by atoms with Crippen molar-refractivity contribution in [3.63, 3.8) is 0 Å². The van der Waals surface area contributed by atoms with Crippen LogP contribution >= 0.6 is 11.6 Å². The second kappa shape index (κ2) is 9.00. The van der Waals surface area contributed by atoms with Crippen molar-refractivity contribution in [2.45, 2.75) is 13.0 Å². The number of hydrogen-bond acceptors (Lipinski definition) is 3. The number of carbonyl (C=O) groups is 2. The quantitative estimate of drug-likeness (QED) is 0.586. The highest BCUT2D eigenvalue weighted by Gasteiger charge is 2.09. The first kappa shape index (κ1) is 18.7. The third-order valence-electron chi connectivity index (χ3n) is 4.01. The third kappa shape index (κ3) is 5.18. The van der Waals surface area contributed by atoms with Crippen molar-refractivity contribution in [3.8, 4) is 11.3 Å². The summed E-state index contributed by atoms with van der Waals surface area (Å²) in [6.45, 7) is 0.676. The van der Waals surface area contributed by atoms with Gasteiger partial charge >= 0.3 is 0 Å². The smallest absolute Gasteiger partial charge is 0.252 e. The van der Waals surface area contributed by atoms with Crippen molar-refractivity contribution in [2.24, 2.45) is 0 Å². The Bertz CT molecular complexity index is 908. The number of carbonyl (C=O) groups excluding carboxylic acids is 2. The Morgan fingerprint density at radius 3 is 2.48 bits per heavy atom. The summed E-state index contributed by atoms with van der Waals surface area (Å²) in [5, 5.41) is 12.8. The van der Waals surface area contributed by atoms with Crippen molar-refractivity contribution in [1.82, 2.24) is 20.8 Å². The summed E-state index contributed by atoms with van der Waals surface area (Å²) in [5.74, 6) is -0.421. The summed E-state index contributed by atoms with van der Waals surface area (Å²) < 4.78 is 0. The molecular weight excluding hydrogens is 364 g/mol.